The fourth-order valence-corrected chi connectivity index (χ4v) is 3.64. The Labute approximate surface area is 165 Å². The molecule has 0 radical (unpaired) electrons. The molecule has 0 aliphatic rings. The van der Waals surface area contributed by atoms with Crippen LogP contribution < -0.4 is 10.6 Å². The van der Waals surface area contributed by atoms with Gasteiger partial charge in [-0.15, -0.1) is 11.3 Å². The number of hydrogen-bond acceptors (Lipinski definition) is 3. The zero-order valence-corrected chi connectivity index (χ0v) is 17.4. The van der Waals surface area contributed by atoms with E-state index in [2.05, 4.69) is 38.3 Å². The number of benzene rings is 1. The van der Waals surface area contributed by atoms with E-state index in [0.717, 1.165) is 10.4 Å². The summed E-state index contributed by atoms with van der Waals surface area (Å²) in [6.45, 7) is 10.3. The minimum absolute atomic E-state index is 0.0279. The van der Waals surface area contributed by atoms with Crippen molar-refractivity contribution in [1.82, 2.24) is 10.6 Å². The number of nitrogens with one attached hydrogen (secondary N) is 2. The Balaban J connectivity index is 2.26. The van der Waals surface area contributed by atoms with Crippen molar-refractivity contribution in [3.05, 3.63) is 63.5 Å². The molecule has 0 saturated heterocycles. The van der Waals surface area contributed by atoms with E-state index in [9.17, 15) is 9.59 Å². The van der Waals surface area contributed by atoms with Crippen LogP contribution in [-0.4, -0.2) is 17.9 Å². The van der Waals surface area contributed by atoms with Gasteiger partial charge in [0.15, 0.2) is 0 Å². The molecule has 0 aliphatic carbocycles. The predicted molar refractivity (Wildman–Crippen MR) is 113 cm³/mol. The first-order chi connectivity index (χ1) is 12.8. The number of thiophene rings is 1. The Morgan fingerprint density at radius 1 is 1.04 bits per heavy atom. The maximum Gasteiger partial charge on any atom is 0.268 e. The molecule has 2 N–H and O–H groups in total. The third-order valence-corrected chi connectivity index (χ3v) is 5.16. The zero-order chi connectivity index (χ0) is 20.0. The van der Waals surface area contributed by atoms with Gasteiger partial charge in [0.2, 0.25) is 0 Å². The van der Waals surface area contributed by atoms with Gasteiger partial charge in [0.05, 0.1) is 0 Å². The normalized spacial score (nSPS) is 11.9. The lowest BCUT2D eigenvalue weighted by Gasteiger charge is -2.26. The number of carbonyl (C=O) groups excluding carboxylic acids is 2. The van der Waals surface area contributed by atoms with Crippen LogP contribution in [0.25, 0.3) is 6.08 Å². The second-order valence-electron chi connectivity index (χ2n) is 7.38. The van der Waals surface area contributed by atoms with E-state index in [4.69, 9.17) is 0 Å². The van der Waals surface area contributed by atoms with Crippen molar-refractivity contribution in [3.63, 3.8) is 0 Å². The number of rotatable bonds is 7. The van der Waals surface area contributed by atoms with Crippen LogP contribution in [-0.2, 0) is 4.79 Å². The molecule has 144 valence electrons. The number of carbonyl (C=O) groups is 2. The fourth-order valence-electron chi connectivity index (χ4n) is 2.99. The minimum Gasteiger partial charge on any atom is -0.348 e. The summed E-state index contributed by atoms with van der Waals surface area (Å²) in [5.74, 6) is 0.0351. The van der Waals surface area contributed by atoms with Crippen molar-refractivity contribution in [2.45, 2.75) is 40.7 Å². The molecule has 0 spiro atoms. The first-order valence-electron chi connectivity index (χ1n) is 9.22. The summed E-state index contributed by atoms with van der Waals surface area (Å²) in [5.41, 5.74) is 1.79. The molecule has 0 fully saturated rings. The highest BCUT2D eigenvalue weighted by molar-refractivity contribution is 7.10. The first kappa shape index (κ1) is 20.9. The van der Waals surface area contributed by atoms with Crippen molar-refractivity contribution in [3.8, 4) is 0 Å². The van der Waals surface area contributed by atoms with Crippen LogP contribution >= 0.6 is 11.3 Å². The molecule has 0 atom stereocenters. The second kappa shape index (κ2) is 9.51. The standard InChI is InChI=1S/C22H28N2O2S/c1-14(2)20(15(3)4)24-22(26)19(13-18-10-7-11-27-18)23-21(25)17-9-6-8-16(5)12-17/h6-15,20H,1-5H3,(H,23,25)(H,24,26)/b19-13-. The summed E-state index contributed by atoms with van der Waals surface area (Å²) in [4.78, 5) is 26.5. The summed E-state index contributed by atoms with van der Waals surface area (Å²) in [6.07, 6.45) is 1.73. The van der Waals surface area contributed by atoms with E-state index in [0.29, 0.717) is 17.4 Å². The zero-order valence-electron chi connectivity index (χ0n) is 16.6. The van der Waals surface area contributed by atoms with Crippen molar-refractivity contribution in [1.29, 1.82) is 0 Å². The fraction of sp³-hybridized carbons (Fsp3) is 0.364. The number of amides is 2. The summed E-state index contributed by atoms with van der Waals surface area (Å²) in [5, 5.41) is 7.82. The lowest BCUT2D eigenvalue weighted by atomic mass is 9.93. The Bertz CT molecular complexity index is 799. The second-order valence-corrected chi connectivity index (χ2v) is 8.36. The minimum atomic E-state index is -0.290. The summed E-state index contributed by atoms with van der Waals surface area (Å²) < 4.78 is 0. The van der Waals surface area contributed by atoms with Crippen LogP contribution in [0.4, 0.5) is 0 Å². The molecule has 1 heterocycles. The van der Waals surface area contributed by atoms with Crippen molar-refractivity contribution in [2.24, 2.45) is 11.8 Å². The van der Waals surface area contributed by atoms with E-state index in [1.165, 1.54) is 11.3 Å². The molecule has 0 saturated carbocycles. The highest BCUT2D eigenvalue weighted by atomic mass is 32.1. The molecule has 27 heavy (non-hydrogen) atoms. The molecular weight excluding hydrogens is 356 g/mol. The van der Waals surface area contributed by atoms with Gasteiger partial charge in [-0.05, 0) is 48.4 Å². The van der Waals surface area contributed by atoms with Crippen LogP contribution in [0.5, 0.6) is 0 Å². The lowest BCUT2D eigenvalue weighted by molar-refractivity contribution is -0.119. The van der Waals surface area contributed by atoms with Crippen molar-refractivity contribution in [2.75, 3.05) is 0 Å². The highest BCUT2D eigenvalue weighted by Gasteiger charge is 2.23. The maximum atomic E-state index is 12.9. The van der Waals surface area contributed by atoms with E-state index < -0.39 is 0 Å². The Hall–Kier alpha value is -2.40. The van der Waals surface area contributed by atoms with E-state index in [1.807, 2.05) is 36.6 Å². The van der Waals surface area contributed by atoms with Gasteiger partial charge in [0, 0.05) is 16.5 Å². The van der Waals surface area contributed by atoms with Crippen LogP contribution in [0.15, 0.2) is 47.5 Å². The van der Waals surface area contributed by atoms with E-state index in [-0.39, 0.29) is 23.6 Å². The van der Waals surface area contributed by atoms with Gasteiger partial charge in [-0.2, -0.15) is 0 Å². The van der Waals surface area contributed by atoms with E-state index >= 15 is 0 Å². The average Bonchev–Trinajstić information content (AvgIpc) is 3.11. The predicted octanol–water partition coefficient (Wildman–Crippen LogP) is 4.62. The molecular formula is C22H28N2O2S. The molecule has 1 aromatic heterocycles. The van der Waals surface area contributed by atoms with Crippen LogP contribution in [0.3, 0.4) is 0 Å². The van der Waals surface area contributed by atoms with Gasteiger partial charge in [0.1, 0.15) is 5.70 Å². The summed E-state index contributed by atoms with van der Waals surface area (Å²) in [7, 11) is 0. The monoisotopic (exact) mass is 384 g/mol. The molecule has 1 aromatic carbocycles. The molecule has 5 heteroatoms. The molecule has 4 nitrogen and oxygen atoms in total. The molecule has 2 aromatic rings. The largest absolute Gasteiger partial charge is 0.348 e. The molecule has 2 amide bonds. The number of hydrogen-bond donors (Lipinski definition) is 2. The highest BCUT2D eigenvalue weighted by Crippen LogP contribution is 2.16. The smallest absolute Gasteiger partial charge is 0.268 e. The van der Waals surface area contributed by atoms with Crippen LogP contribution in [0, 0.1) is 18.8 Å². The molecule has 0 unspecified atom stereocenters. The van der Waals surface area contributed by atoms with Gasteiger partial charge in [0.25, 0.3) is 11.8 Å². The van der Waals surface area contributed by atoms with Crippen LogP contribution in [0.1, 0.15) is 48.5 Å². The Morgan fingerprint density at radius 2 is 1.74 bits per heavy atom. The third-order valence-electron chi connectivity index (χ3n) is 4.34. The van der Waals surface area contributed by atoms with Gasteiger partial charge in [-0.3, -0.25) is 9.59 Å². The Morgan fingerprint density at radius 3 is 2.30 bits per heavy atom. The SMILES string of the molecule is Cc1cccc(C(=O)N/C(=C\c2cccs2)C(=O)NC(C(C)C)C(C)C)c1. The van der Waals surface area contributed by atoms with Gasteiger partial charge in [-0.25, -0.2) is 0 Å². The summed E-state index contributed by atoms with van der Waals surface area (Å²) >= 11 is 1.52. The average molecular weight is 385 g/mol. The van der Waals surface area contributed by atoms with Gasteiger partial charge >= 0.3 is 0 Å². The third kappa shape index (κ3) is 6.07. The molecule has 0 bridgehead atoms. The lowest BCUT2D eigenvalue weighted by Crippen LogP contribution is -2.45. The van der Waals surface area contributed by atoms with Gasteiger partial charge < -0.3 is 10.6 Å². The van der Waals surface area contributed by atoms with E-state index in [1.54, 1.807) is 18.2 Å². The van der Waals surface area contributed by atoms with Crippen molar-refractivity contribution < 1.29 is 9.59 Å². The summed E-state index contributed by atoms with van der Waals surface area (Å²) in [6, 6.07) is 11.2. The van der Waals surface area contributed by atoms with Crippen molar-refractivity contribution >= 4 is 29.2 Å². The topological polar surface area (TPSA) is 58.2 Å². The first-order valence-corrected chi connectivity index (χ1v) is 10.1. The maximum absolute atomic E-state index is 12.9. The quantitative estimate of drug-likeness (QED) is 0.684. The molecule has 0 aliphatic heterocycles. The van der Waals surface area contributed by atoms with Gasteiger partial charge in [-0.1, -0.05) is 51.5 Å². The Kier molecular flexibility index (Phi) is 7.36. The molecule has 2 rings (SSSR count). The van der Waals surface area contributed by atoms with Crippen LogP contribution in [0.2, 0.25) is 0 Å². The number of aryl methyl sites for hydroxylation is 1.